The number of carbonyl (C=O) groups excluding carboxylic acids is 1. The summed E-state index contributed by atoms with van der Waals surface area (Å²) in [5, 5.41) is 5.18. The van der Waals surface area contributed by atoms with Crippen molar-refractivity contribution in [1.82, 2.24) is 14.8 Å². The number of rotatable bonds is 6. The van der Waals surface area contributed by atoms with Crippen LogP contribution in [0.5, 0.6) is 0 Å². The van der Waals surface area contributed by atoms with Crippen LogP contribution in [-0.2, 0) is 16.6 Å². The molecular weight excluding hydrogens is 352 g/mol. The van der Waals surface area contributed by atoms with Crippen molar-refractivity contribution in [2.75, 3.05) is 21.1 Å². The van der Waals surface area contributed by atoms with Gasteiger partial charge in [-0.15, -0.1) is 0 Å². The Kier molecular flexibility index (Phi) is 6.12. The maximum absolute atomic E-state index is 12.7. The van der Waals surface area contributed by atoms with Gasteiger partial charge in [0.15, 0.2) is 0 Å². The lowest BCUT2D eigenvalue weighted by molar-refractivity contribution is 0.0742. The van der Waals surface area contributed by atoms with Gasteiger partial charge in [0, 0.05) is 19.8 Å². The van der Waals surface area contributed by atoms with E-state index in [2.05, 4.69) is 4.98 Å². The summed E-state index contributed by atoms with van der Waals surface area (Å²) < 4.78 is 23.1. The van der Waals surface area contributed by atoms with Crippen LogP contribution in [0, 0.1) is 0 Å². The summed E-state index contributed by atoms with van der Waals surface area (Å²) >= 11 is 0. The van der Waals surface area contributed by atoms with Gasteiger partial charge >= 0.3 is 0 Å². The molecule has 0 aliphatic heterocycles. The van der Waals surface area contributed by atoms with Gasteiger partial charge in [-0.25, -0.2) is 13.6 Å². The average Bonchev–Trinajstić information content (AvgIpc) is 2.59. The second-order valence-electron chi connectivity index (χ2n) is 6.49. The summed E-state index contributed by atoms with van der Waals surface area (Å²) in [6.45, 7) is 2.52. The summed E-state index contributed by atoms with van der Waals surface area (Å²) in [6.07, 6.45) is 1.56. The molecule has 0 radical (unpaired) electrons. The summed E-state index contributed by atoms with van der Waals surface area (Å²) in [5.74, 6) is -0.192. The average molecular weight is 376 g/mol. The van der Waals surface area contributed by atoms with Gasteiger partial charge in [-0.3, -0.25) is 9.78 Å². The number of benzene rings is 1. The molecule has 1 aromatic carbocycles. The fourth-order valence-electron chi connectivity index (χ4n) is 2.52. The molecular formula is C18H24N4O3S. The molecule has 2 aromatic rings. The minimum absolute atomic E-state index is 0.0254. The molecule has 0 saturated heterocycles. The van der Waals surface area contributed by atoms with E-state index in [-0.39, 0.29) is 16.8 Å². The molecule has 1 unspecified atom stereocenters. The van der Waals surface area contributed by atoms with Crippen molar-refractivity contribution in [3.8, 4) is 0 Å². The van der Waals surface area contributed by atoms with Crippen LogP contribution < -0.4 is 5.14 Å². The first-order valence-electron chi connectivity index (χ1n) is 8.09. The van der Waals surface area contributed by atoms with Crippen molar-refractivity contribution < 1.29 is 13.2 Å². The molecule has 2 N–H and O–H groups in total. The number of carbonyl (C=O) groups is 1. The topological polar surface area (TPSA) is 96.6 Å². The first-order valence-corrected chi connectivity index (χ1v) is 9.64. The minimum atomic E-state index is -3.79. The molecule has 0 spiro atoms. The predicted octanol–water partition coefficient (Wildman–Crippen LogP) is 1.62. The van der Waals surface area contributed by atoms with Gasteiger partial charge in [0.25, 0.3) is 5.91 Å². The summed E-state index contributed by atoms with van der Waals surface area (Å²) in [7, 11) is 1.78. The first-order chi connectivity index (χ1) is 12.1. The number of nitrogens with zero attached hydrogens (tertiary/aromatic N) is 3. The van der Waals surface area contributed by atoms with Gasteiger partial charge in [0.1, 0.15) is 0 Å². The Morgan fingerprint density at radius 3 is 2.42 bits per heavy atom. The molecule has 2 rings (SSSR count). The molecule has 0 aliphatic rings. The van der Waals surface area contributed by atoms with E-state index in [0.717, 1.165) is 5.69 Å². The fraction of sp³-hybridized carbons (Fsp3) is 0.333. The van der Waals surface area contributed by atoms with Crippen molar-refractivity contribution in [2.45, 2.75) is 24.4 Å². The van der Waals surface area contributed by atoms with E-state index in [0.29, 0.717) is 17.7 Å². The Bertz CT molecular complexity index is 880. The maximum Gasteiger partial charge on any atom is 0.255 e. The second-order valence-corrected chi connectivity index (χ2v) is 8.05. The number of primary sulfonamides is 1. The molecule has 0 fully saturated rings. The monoisotopic (exact) mass is 376 g/mol. The molecule has 26 heavy (non-hydrogen) atoms. The Labute approximate surface area is 154 Å². The highest BCUT2D eigenvalue weighted by Crippen LogP contribution is 2.23. The molecule has 7 nitrogen and oxygen atoms in total. The van der Waals surface area contributed by atoms with Crippen molar-refractivity contribution >= 4 is 15.9 Å². The zero-order valence-corrected chi connectivity index (χ0v) is 16.2. The summed E-state index contributed by atoms with van der Waals surface area (Å²) in [4.78, 5) is 20.6. The highest BCUT2D eigenvalue weighted by Gasteiger charge is 2.20. The molecule has 1 amide bonds. The third kappa shape index (κ3) is 4.87. The van der Waals surface area contributed by atoms with Crippen molar-refractivity contribution in [3.63, 3.8) is 0 Å². The molecule has 1 aromatic heterocycles. The zero-order chi connectivity index (χ0) is 19.5. The highest BCUT2D eigenvalue weighted by atomic mass is 32.2. The van der Waals surface area contributed by atoms with Crippen LogP contribution in [0.3, 0.4) is 0 Å². The van der Waals surface area contributed by atoms with E-state index >= 15 is 0 Å². The number of aromatic nitrogens is 1. The number of hydrogen-bond donors (Lipinski definition) is 1. The number of amides is 1. The van der Waals surface area contributed by atoms with Crippen LogP contribution in [0.25, 0.3) is 0 Å². The van der Waals surface area contributed by atoms with Crippen molar-refractivity contribution in [2.24, 2.45) is 5.14 Å². The molecule has 0 bridgehead atoms. The van der Waals surface area contributed by atoms with Gasteiger partial charge in [-0.05, 0) is 50.8 Å². The summed E-state index contributed by atoms with van der Waals surface area (Å²) in [6, 6.07) is 9.54. The lowest BCUT2D eigenvalue weighted by Gasteiger charge is -2.25. The number of nitrogens with two attached hydrogens (primary N) is 1. The van der Waals surface area contributed by atoms with Crippen molar-refractivity contribution in [3.05, 3.63) is 59.4 Å². The first kappa shape index (κ1) is 20.0. The standard InChI is InChI=1S/C18H24N4O3S/c1-13(14-6-5-7-17(10-14)26(19,24)25)22(4)18(23)15-8-9-16(20-11-15)12-21(2)3/h5-11,13H,12H2,1-4H3,(H2,19,24,25). The molecule has 0 saturated carbocycles. The van der Waals surface area contributed by atoms with E-state index in [9.17, 15) is 13.2 Å². The molecule has 8 heteroatoms. The SMILES string of the molecule is CC(c1cccc(S(N)(=O)=O)c1)N(C)C(=O)c1ccc(CN(C)C)nc1. The second kappa shape index (κ2) is 7.94. The van der Waals surface area contributed by atoms with E-state index in [1.165, 1.54) is 12.1 Å². The van der Waals surface area contributed by atoms with Crippen molar-refractivity contribution in [1.29, 1.82) is 0 Å². The largest absolute Gasteiger partial charge is 0.335 e. The lowest BCUT2D eigenvalue weighted by atomic mass is 10.1. The third-order valence-corrected chi connectivity index (χ3v) is 5.03. The Morgan fingerprint density at radius 1 is 1.19 bits per heavy atom. The Hall–Kier alpha value is -2.29. The van der Waals surface area contributed by atoms with Gasteiger partial charge in [0.2, 0.25) is 10.0 Å². The normalized spacial score (nSPS) is 12.8. The fourth-order valence-corrected chi connectivity index (χ4v) is 3.09. The molecule has 1 atom stereocenters. The number of sulfonamides is 1. The summed E-state index contributed by atoms with van der Waals surface area (Å²) in [5.41, 5.74) is 2.04. The maximum atomic E-state index is 12.7. The van der Waals surface area contributed by atoms with Gasteiger partial charge < -0.3 is 9.80 Å². The third-order valence-electron chi connectivity index (χ3n) is 4.12. The van der Waals surface area contributed by atoms with Crippen LogP contribution in [0.15, 0.2) is 47.5 Å². The number of hydrogen-bond acceptors (Lipinski definition) is 5. The zero-order valence-electron chi connectivity index (χ0n) is 15.4. The Morgan fingerprint density at radius 2 is 1.88 bits per heavy atom. The van der Waals surface area contributed by atoms with E-state index in [1.54, 1.807) is 36.3 Å². The lowest BCUT2D eigenvalue weighted by Crippen LogP contribution is -2.30. The highest BCUT2D eigenvalue weighted by molar-refractivity contribution is 7.89. The van der Waals surface area contributed by atoms with Crippen LogP contribution in [-0.4, -0.2) is 50.3 Å². The smallest absolute Gasteiger partial charge is 0.255 e. The van der Waals surface area contributed by atoms with E-state index in [4.69, 9.17) is 5.14 Å². The van der Waals surface area contributed by atoms with Crippen LogP contribution in [0.1, 0.15) is 34.6 Å². The van der Waals surface area contributed by atoms with Crippen LogP contribution in [0.4, 0.5) is 0 Å². The molecule has 140 valence electrons. The van der Waals surface area contributed by atoms with Crippen LogP contribution in [0.2, 0.25) is 0 Å². The van der Waals surface area contributed by atoms with Gasteiger partial charge in [-0.1, -0.05) is 12.1 Å². The number of pyridine rings is 1. The van der Waals surface area contributed by atoms with E-state index in [1.807, 2.05) is 32.0 Å². The van der Waals surface area contributed by atoms with Crippen LogP contribution >= 0.6 is 0 Å². The molecule has 1 heterocycles. The predicted molar refractivity (Wildman–Crippen MR) is 100.0 cm³/mol. The quantitative estimate of drug-likeness (QED) is 0.826. The van der Waals surface area contributed by atoms with Gasteiger partial charge in [-0.2, -0.15) is 0 Å². The minimum Gasteiger partial charge on any atom is -0.335 e. The molecule has 0 aliphatic carbocycles. The Balaban J connectivity index is 2.19. The van der Waals surface area contributed by atoms with Gasteiger partial charge in [0.05, 0.1) is 22.2 Å². The van der Waals surface area contributed by atoms with E-state index < -0.39 is 10.0 Å².